The van der Waals surface area contributed by atoms with Crippen molar-refractivity contribution in [2.75, 3.05) is 13.2 Å². The summed E-state index contributed by atoms with van der Waals surface area (Å²) in [5.74, 6) is -0.358. The highest BCUT2D eigenvalue weighted by atomic mass is 32.1. The number of nitrogens with two attached hydrogens (primary N) is 1. The van der Waals surface area contributed by atoms with Crippen LogP contribution in [-0.4, -0.2) is 45.7 Å². The Kier molecular flexibility index (Phi) is 6.70. The molecule has 2 heterocycles. The number of hydrogen-bond acceptors (Lipinski definition) is 6. The lowest BCUT2D eigenvalue weighted by molar-refractivity contribution is -0.125. The van der Waals surface area contributed by atoms with E-state index < -0.39 is 6.04 Å². The van der Waals surface area contributed by atoms with Crippen LogP contribution in [0, 0.1) is 11.3 Å². The SMILES string of the molecule is N#C[C@H](Cc1ccc(-c2ccc3sc(=O)n(CCO)c3c2)cc1)N1CCCCC1C(N)=O. The summed E-state index contributed by atoms with van der Waals surface area (Å²) in [6.45, 7) is 0.901. The molecule has 3 aromatic rings. The first-order chi connectivity index (χ1) is 15.5. The normalized spacial score (nSPS) is 17.8. The molecule has 2 aromatic carbocycles. The number of nitriles is 1. The number of carbonyl (C=O) groups excluding carboxylic acids is 1. The number of aliphatic hydroxyl groups excluding tert-OH is 1. The van der Waals surface area contributed by atoms with Gasteiger partial charge in [0.1, 0.15) is 6.04 Å². The van der Waals surface area contributed by atoms with Gasteiger partial charge in [-0.3, -0.25) is 19.1 Å². The van der Waals surface area contributed by atoms with Crippen LogP contribution in [0.25, 0.3) is 21.3 Å². The van der Waals surface area contributed by atoms with E-state index in [0.29, 0.717) is 19.4 Å². The minimum Gasteiger partial charge on any atom is -0.395 e. The minimum absolute atomic E-state index is 0.0731. The maximum atomic E-state index is 12.2. The molecule has 4 rings (SSSR count). The number of amides is 1. The highest BCUT2D eigenvalue weighted by molar-refractivity contribution is 7.16. The summed E-state index contributed by atoms with van der Waals surface area (Å²) in [7, 11) is 0. The quantitative estimate of drug-likeness (QED) is 0.574. The van der Waals surface area contributed by atoms with E-state index in [9.17, 15) is 20.0 Å². The van der Waals surface area contributed by atoms with Crippen molar-refractivity contribution >= 4 is 27.5 Å². The van der Waals surface area contributed by atoms with Crippen LogP contribution in [0.2, 0.25) is 0 Å². The topological polar surface area (TPSA) is 112 Å². The third-order valence-corrected chi connectivity index (χ3v) is 7.09. The molecule has 32 heavy (non-hydrogen) atoms. The Hall–Kier alpha value is -2.99. The van der Waals surface area contributed by atoms with Crippen LogP contribution in [0.3, 0.4) is 0 Å². The van der Waals surface area contributed by atoms with Gasteiger partial charge in [0.25, 0.3) is 0 Å². The van der Waals surface area contributed by atoms with Gasteiger partial charge in [0, 0.05) is 13.0 Å². The highest BCUT2D eigenvalue weighted by Gasteiger charge is 2.32. The van der Waals surface area contributed by atoms with Crippen molar-refractivity contribution in [3.05, 3.63) is 57.7 Å². The van der Waals surface area contributed by atoms with Gasteiger partial charge >= 0.3 is 4.87 Å². The molecule has 166 valence electrons. The number of aromatic nitrogens is 1. The third-order valence-electron chi connectivity index (χ3n) is 6.13. The zero-order valence-corrected chi connectivity index (χ0v) is 18.6. The van der Waals surface area contributed by atoms with Crippen LogP contribution in [0.4, 0.5) is 0 Å². The average Bonchev–Trinajstić information content (AvgIpc) is 3.12. The van der Waals surface area contributed by atoms with Crippen molar-refractivity contribution < 1.29 is 9.90 Å². The highest BCUT2D eigenvalue weighted by Crippen LogP contribution is 2.27. The molecule has 1 amide bonds. The first-order valence-electron chi connectivity index (χ1n) is 10.8. The minimum atomic E-state index is -0.395. The van der Waals surface area contributed by atoms with Gasteiger partial charge in [0.05, 0.1) is 35.5 Å². The third kappa shape index (κ3) is 4.46. The Morgan fingerprint density at radius 3 is 2.66 bits per heavy atom. The van der Waals surface area contributed by atoms with Crippen molar-refractivity contribution in [1.29, 1.82) is 5.26 Å². The van der Waals surface area contributed by atoms with E-state index in [0.717, 1.165) is 39.7 Å². The number of rotatable bonds is 7. The van der Waals surface area contributed by atoms with Gasteiger partial charge in [-0.25, -0.2) is 0 Å². The van der Waals surface area contributed by atoms with Crippen molar-refractivity contribution in [3.63, 3.8) is 0 Å². The number of primary amides is 1. The van der Waals surface area contributed by atoms with Crippen LogP contribution in [0.1, 0.15) is 24.8 Å². The van der Waals surface area contributed by atoms with Crippen molar-refractivity contribution in [2.24, 2.45) is 5.73 Å². The molecule has 7 nitrogen and oxygen atoms in total. The number of thiazole rings is 1. The van der Waals surface area contributed by atoms with Crippen LogP contribution < -0.4 is 10.6 Å². The van der Waals surface area contributed by atoms with Gasteiger partial charge in [0.2, 0.25) is 5.91 Å². The molecule has 1 unspecified atom stereocenters. The van der Waals surface area contributed by atoms with E-state index >= 15 is 0 Å². The van der Waals surface area contributed by atoms with Gasteiger partial charge in [-0.15, -0.1) is 0 Å². The molecular weight excluding hydrogens is 424 g/mol. The lowest BCUT2D eigenvalue weighted by Gasteiger charge is -2.36. The van der Waals surface area contributed by atoms with Crippen molar-refractivity contribution in [2.45, 2.75) is 44.3 Å². The molecule has 0 bridgehead atoms. The standard InChI is InChI=1S/C24H26N4O3S/c25-15-19(27-10-2-1-3-20(27)23(26)30)13-16-4-6-17(7-5-16)18-8-9-22-21(14-18)28(11-12-29)24(31)32-22/h4-9,14,19-20,29H,1-3,10-13H2,(H2,26,30)/t19-,20?/m0/s1. The molecule has 1 aliphatic heterocycles. The second kappa shape index (κ2) is 9.65. The molecule has 0 aliphatic carbocycles. The van der Waals surface area contributed by atoms with Gasteiger partial charge in [-0.1, -0.05) is 48.1 Å². The molecule has 1 fully saturated rings. The first-order valence-corrected chi connectivity index (χ1v) is 11.6. The molecule has 1 aliphatic rings. The number of likely N-dealkylation sites (tertiary alicyclic amines) is 1. The molecule has 1 saturated heterocycles. The number of piperidine rings is 1. The zero-order valence-electron chi connectivity index (χ0n) is 17.7. The van der Waals surface area contributed by atoms with Gasteiger partial charge in [-0.2, -0.15) is 5.26 Å². The van der Waals surface area contributed by atoms with Crippen molar-refractivity contribution in [3.8, 4) is 17.2 Å². The molecule has 0 radical (unpaired) electrons. The number of nitrogens with zero attached hydrogens (tertiary/aromatic N) is 3. The first kappa shape index (κ1) is 22.2. The van der Waals surface area contributed by atoms with E-state index in [4.69, 9.17) is 5.73 Å². The second-order valence-electron chi connectivity index (χ2n) is 8.12. The van der Waals surface area contributed by atoms with Crippen molar-refractivity contribution in [1.82, 2.24) is 9.47 Å². The lowest BCUT2D eigenvalue weighted by atomic mass is 9.95. The molecule has 0 saturated carbocycles. The predicted molar refractivity (Wildman–Crippen MR) is 125 cm³/mol. The zero-order chi connectivity index (χ0) is 22.7. The molecular formula is C24H26N4O3S. The summed E-state index contributed by atoms with van der Waals surface area (Å²) in [6, 6.07) is 15.5. The largest absolute Gasteiger partial charge is 0.395 e. The van der Waals surface area contributed by atoms with Crippen LogP contribution >= 0.6 is 11.3 Å². The number of aliphatic hydroxyl groups is 1. The number of hydrogen-bond donors (Lipinski definition) is 2. The van der Waals surface area contributed by atoms with Gasteiger partial charge in [0.15, 0.2) is 0 Å². The van der Waals surface area contributed by atoms with Crippen LogP contribution in [0.15, 0.2) is 47.3 Å². The maximum Gasteiger partial charge on any atom is 0.308 e. The Bertz CT molecular complexity index is 1210. The molecule has 0 spiro atoms. The summed E-state index contributed by atoms with van der Waals surface area (Å²) in [5, 5.41) is 19.0. The number of benzene rings is 2. The molecule has 2 atom stereocenters. The summed E-state index contributed by atoms with van der Waals surface area (Å²) >= 11 is 1.18. The Labute approximate surface area is 190 Å². The van der Waals surface area contributed by atoms with E-state index in [2.05, 4.69) is 6.07 Å². The van der Waals surface area contributed by atoms with E-state index in [1.807, 2.05) is 47.4 Å². The number of fused-ring (bicyclic) bond motifs is 1. The van der Waals surface area contributed by atoms with Crippen LogP contribution in [-0.2, 0) is 17.8 Å². The van der Waals surface area contributed by atoms with E-state index in [-0.39, 0.29) is 30.0 Å². The van der Waals surface area contributed by atoms with Crippen LogP contribution in [0.5, 0.6) is 0 Å². The Morgan fingerprint density at radius 1 is 1.22 bits per heavy atom. The molecule has 8 heteroatoms. The summed E-state index contributed by atoms with van der Waals surface area (Å²) in [6.07, 6.45) is 3.16. The smallest absolute Gasteiger partial charge is 0.308 e. The fraction of sp³-hybridized carbons (Fsp3) is 0.375. The fourth-order valence-electron chi connectivity index (χ4n) is 4.48. The van der Waals surface area contributed by atoms with Gasteiger partial charge < -0.3 is 10.8 Å². The van der Waals surface area contributed by atoms with E-state index in [1.165, 1.54) is 11.3 Å². The maximum absolute atomic E-state index is 12.2. The number of carbonyl (C=O) groups is 1. The summed E-state index contributed by atoms with van der Waals surface area (Å²) < 4.78 is 2.50. The summed E-state index contributed by atoms with van der Waals surface area (Å²) in [5.41, 5.74) is 9.40. The lowest BCUT2D eigenvalue weighted by Crippen LogP contribution is -2.52. The average molecular weight is 451 g/mol. The molecule has 3 N–H and O–H groups in total. The van der Waals surface area contributed by atoms with Gasteiger partial charge in [-0.05, 0) is 41.7 Å². The fourth-order valence-corrected chi connectivity index (χ4v) is 5.38. The Morgan fingerprint density at radius 2 is 1.97 bits per heavy atom. The van der Waals surface area contributed by atoms with E-state index in [1.54, 1.807) is 4.57 Å². The molecule has 1 aromatic heterocycles. The summed E-state index contributed by atoms with van der Waals surface area (Å²) in [4.78, 5) is 25.9. The monoisotopic (exact) mass is 450 g/mol. The second-order valence-corrected chi connectivity index (χ2v) is 9.12. The Balaban J connectivity index is 1.55. The predicted octanol–water partition coefficient (Wildman–Crippen LogP) is 2.50.